The number of fused-ring (bicyclic) bond motifs is 1. The van der Waals surface area contributed by atoms with Gasteiger partial charge in [-0.25, -0.2) is 4.98 Å². The Balaban J connectivity index is 1.51. The number of amides is 2. The Morgan fingerprint density at radius 1 is 1.10 bits per heavy atom. The molecular formula is C21H26N6O2. The molecule has 2 amide bonds. The van der Waals surface area contributed by atoms with Crippen molar-refractivity contribution in [1.29, 1.82) is 0 Å². The van der Waals surface area contributed by atoms with Crippen LogP contribution in [0.5, 0.6) is 0 Å². The third-order valence-electron chi connectivity index (χ3n) is 6.11. The lowest BCUT2D eigenvalue weighted by Crippen LogP contribution is -2.41. The molecule has 5 N–H and O–H groups in total. The summed E-state index contributed by atoms with van der Waals surface area (Å²) < 4.78 is 0. The van der Waals surface area contributed by atoms with E-state index in [1.165, 1.54) is 17.2 Å². The van der Waals surface area contributed by atoms with Crippen LogP contribution in [0.4, 0.5) is 11.8 Å². The summed E-state index contributed by atoms with van der Waals surface area (Å²) in [4.78, 5) is 34.0. The van der Waals surface area contributed by atoms with Gasteiger partial charge in [-0.05, 0) is 49.1 Å². The molecule has 2 aromatic rings. The number of hydrogen-bond acceptors (Lipinski definition) is 6. The van der Waals surface area contributed by atoms with E-state index < -0.39 is 17.9 Å². The molecule has 0 bridgehead atoms. The molecule has 1 aliphatic heterocycles. The number of aromatic nitrogens is 2. The van der Waals surface area contributed by atoms with Crippen LogP contribution in [0.2, 0.25) is 0 Å². The van der Waals surface area contributed by atoms with E-state index in [0.29, 0.717) is 17.2 Å². The van der Waals surface area contributed by atoms with Crippen molar-refractivity contribution in [2.75, 3.05) is 23.3 Å². The molecule has 8 nitrogen and oxygen atoms in total. The predicted molar refractivity (Wildman–Crippen MR) is 111 cm³/mol. The summed E-state index contributed by atoms with van der Waals surface area (Å²) in [6, 6.07) is 9.50. The van der Waals surface area contributed by atoms with Gasteiger partial charge in [-0.1, -0.05) is 24.3 Å². The number of rotatable bonds is 5. The van der Waals surface area contributed by atoms with E-state index in [0.717, 1.165) is 38.8 Å². The van der Waals surface area contributed by atoms with Gasteiger partial charge in [0.2, 0.25) is 11.9 Å². The third-order valence-corrected chi connectivity index (χ3v) is 6.11. The minimum Gasteiger partial charge on any atom is -0.368 e. The van der Waals surface area contributed by atoms with Gasteiger partial charge in [0.15, 0.2) is 0 Å². The molecule has 1 saturated heterocycles. The quantitative estimate of drug-likeness (QED) is 0.700. The Kier molecular flexibility index (Phi) is 4.86. The first-order chi connectivity index (χ1) is 13.8. The summed E-state index contributed by atoms with van der Waals surface area (Å²) in [5.41, 5.74) is 14.1. The average Bonchev–Trinajstić information content (AvgIpc) is 3.05. The van der Waals surface area contributed by atoms with E-state index in [9.17, 15) is 9.59 Å². The van der Waals surface area contributed by atoms with Crippen LogP contribution >= 0.6 is 0 Å². The van der Waals surface area contributed by atoms with Gasteiger partial charge < -0.3 is 21.7 Å². The Bertz CT molecular complexity index is 925. The van der Waals surface area contributed by atoms with Crippen LogP contribution < -0.4 is 21.7 Å². The zero-order valence-electron chi connectivity index (χ0n) is 16.5. The van der Waals surface area contributed by atoms with Gasteiger partial charge in [-0.15, -0.1) is 0 Å². The van der Waals surface area contributed by atoms with Gasteiger partial charge in [0.25, 0.3) is 5.91 Å². The van der Waals surface area contributed by atoms with E-state index in [-0.39, 0.29) is 5.69 Å². The van der Waals surface area contributed by atoms with E-state index in [1.807, 2.05) is 0 Å². The fourth-order valence-electron chi connectivity index (χ4n) is 4.38. The zero-order chi connectivity index (χ0) is 20.6. The molecule has 29 heavy (non-hydrogen) atoms. The predicted octanol–water partition coefficient (Wildman–Crippen LogP) is 1.25. The van der Waals surface area contributed by atoms with Crippen molar-refractivity contribution in [3.05, 3.63) is 47.2 Å². The second-order valence-electron chi connectivity index (χ2n) is 8.18. The maximum absolute atomic E-state index is 11.7. The first-order valence-corrected chi connectivity index (χ1v) is 9.92. The molecule has 0 saturated carbocycles. The SMILES string of the molecule is C[C@H](Nc1cc(C(N)=O)nc(N2CCC3(CC2)Cc2ccccc2C3)n1)C(N)=O. The van der Waals surface area contributed by atoms with E-state index in [1.54, 1.807) is 6.92 Å². The fraction of sp³-hybridized carbons (Fsp3) is 0.429. The molecule has 0 radical (unpaired) electrons. The highest BCUT2D eigenvalue weighted by molar-refractivity contribution is 5.92. The van der Waals surface area contributed by atoms with Crippen LogP contribution in [0.25, 0.3) is 0 Å². The van der Waals surface area contributed by atoms with Crippen LogP contribution in [0, 0.1) is 5.41 Å². The lowest BCUT2D eigenvalue weighted by molar-refractivity contribution is -0.118. The molecule has 1 atom stereocenters. The van der Waals surface area contributed by atoms with E-state index >= 15 is 0 Å². The van der Waals surface area contributed by atoms with Crippen molar-refractivity contribution >= 4 is 23.6 Å². The Morgan fingerprint density at radius 3 is 2.28 bits per heavy atom. The molecule has 8 heteroatoms. The summed E-state index contributed by atoms with van der Waals surface area (Å²) in [6.07, 6.45) is 4.29. The number of anilines is 2. The molecule has 1 fully saturated rings. The van der Waals surface area contributed by atoms with Crippen molar-refractivity contribution in [1.82, 2.24) is 9.97 Å². The highest BCUT2D eigenvalue weighted by atomic mass is 16.1. The summed E-state index contributed by atoms with van der Waals surface area (Å²) in [5.74, 6) is -0.329. The monoisotopic (exact) mass is 394 g/mol. The number of benzene rings is 1. The standard InChI is InChI=1S/C21H26N6O2/c1-13(18(22)28)24-17-10-16(19(23)29)25-20(26-17)27-8-6-21(7-9-27)11-14-4-2-3-5-15(14)12-21/h2-5,10,13H,6-9,11-12H2,1H3,(H2,22,28)(H2,23,29)(H,24,25,26)/t13-/m0/s1. The first kappa shape index (κ1) is 19.2. The number of hydrogen-bond donors (Lipinski definition) is 3. The van der Waals surface area contributed by atoms with Crippen molar-refractivity contribution < 1.29 is 9.59 Å². The average molecular weight is 394 g/mol. The second kappa shape index (κ2) is 7.35. The van der Waals surface area contributed by atoms with Gasteiger partial charge >= 0.3 is 0 Å². The Labute approximate surface area is 169 Å². The molecular weight excluding hydrogens is 368 g/mol. The van der Waals surface area contributed by atoms with Crippen molar-refractivity contribution in [2.45, 2.75) is 38.6 Å². The topological polar surface area (TPSA) is 127 Å². The molecule has 0 unspecified atom stereocenters. The normalized spacial score (nSPS) is 18.3. The van der Waals surface area contributed by atoms with Crippen LogP contribution in [0.1, 0.15) is 41.4 Å². The molecule has 1 spiro atoms. The molecule has 152 valence electrons. The highest BCUT2D eigenvalue weighted by Gasteiger charge is 2.40. The van der Waals surface area contributed by atoms with E-state index in [2.05, 4.69) is 44.5 Å². The minimum atomic E-state index is -0.636. The van der Waals surface area contributed by atoms with Crippen molar-refractivity contribution in [3.63, 3.8) is 0 Å². The fourth-order valence-corrected chi connectivity index (χ4v) is 4.38. The third kappa shape index (κ3) is 3.87. The first-order valence-electron chi connectivity index (χ1n) is 9.92. The zero-order valence-corrected chi connectivity index (χ0v) is 16.5. The van der Waals surface area contributed by atoms with Gasteiger partial charge in [0.1, 0.15) is 17.6 Å². The van der Waals surface area contributed by atoms with Crippen LogP contribution in [-0.4, -0.2) is 40.9 Å². The Morgan fingerprint density at radius 2 is 1.72 bits per heavy atom. The lowest BCUT2D eigenvalue weighted by Gasteiger charge is -2.39. The van der Waals surface area contributed by atoms with Gasteiger partial charge in [0.05, 0.1) is 0 Å². The highest BCUT2D eigenvalue weighted by Crippen LogP contribution is 2.44. The Hall–Kier alpha value is -3.16. The number of nitrogens with two attached hydrogens (primary N) is 2. The minimum absolute atomic E-state index is 0.114. The van der Waals surface area contributed by atoms with Gasteiger partial charge in [-0.3, -0.25) is 9.59 Å². The largest absolute Gasteiger partial charge is 0.368 e. The molecule has 1 aliphatic carbocycles. The molecule has 4 rings (SSSR count). The lowest BCUT2D eigenvalue weighted by atomic mass is 9.76. The van der Waals surface area contributed by atoms with Crippen LogP contribution in [0.15, 0.2) is 30.3 Å². The summed E-state index contributed by atoms with van der Waals surface area (Å²) in [7, 11) is 0. The summed E-state index contributed by atoms with van der Waals surface area (Å²) in [6.45, 7) is 3.25. The molecule has 1 aromatic heterocycles. The second-order valence-corrected chi connectivity index (χ2v) is 8.18. The maximum atomic E-state index is 11.7. The van der Waals surface area contributed by atoms with Crippen molar-refractivity contribution in [2.24, 2.45) is 16.9 Å². The van der Waals surface area contributed by atoms with Crippen LogP contribution in [0.3, 0.4) is 0 Å². The number of primary amides is 2. The van der Waals surface area contributed by atoms with E-state index in [4.69, 9.17) is 11.5 Å². The number of carbonyl (C=O) groups excluding carboxylic acids is 2. The van der Waals surface area contributed by atoms with Crippen molar-refractivity contribution in [3.8, 4) is 0 Å². The summed E-state index contributed by atoms with van der Waals surface area (Å²) >= 11 is 0. The smallest absolute Gasteiger partial charge is 0.267 e. The molecule has 2 heterocycles. The molecule has 2 aliphatic rings. The summed E-state index contributed by atoms with van der Waals surface area (Å²) in [5, 5.41) is 2.92. The van der Waals surface area contributed by atoms with Crippen LogP contribution in [-0.2, 0) is 17.6 Å². The number of carbonyl (C=O) groups is 2. The number of nitrogens with zero attached hydrogens (tertiary/aromatic N) is 3. The van der Waals surface area contributed by atoms with Gasteiger partial charge in [0, 0.05) is 19.2 Å². The number of nitrogens with one attached hydrogen (secondary N) is 1. The molecule has 1 aromatic carbocycles. The maximum Gasteiger partial charge on any atom is 0.267 e. The number of piperidine rings is 1. The van der Waals surface area contributed by atoms with Gasteiger partial charge in [-0.2, -0.15) is 4.98 Å².